The fourth-order valence-electron chi connectivity index (χ4n) is 3.02. The molecule has 2 unspecified atom stereocenters. The van der Waals surface area contributed by atoms with Gasteiger partial charge in [-0.25, -0.2) is 0 Å². The highest BCUT2D eigenvalue weighted by Gasteiger charge is 2.21. The number of hydrogen-bond donors (Lipinski definition) is 1. The molecule has 1 aromatic rings. The van der Waals surface area contributed by atoms with Gasteiger partial charge in [0.2, 0.25) is 0 Å². The molecule has 2 rings (SSSR count). The maximum absolute atomic E-state index is 12.3. The Balaban J connectivity index is 1.91. The summed E-state index contributed by atoms with van der Waals surface area (Å²) in [5.74, 6) is 1.67. The Morgan fingerprint density at radius 2 is 2.00 bits per heavy atom. The van der Waals surface area contributed by atoms with Gasteiger partial charge >= 0.3 is 0 Å². The molecule has 20 heavy (non-hydrogen) atoms. The second kappa shape index (κ2) is 7.03. The third kappa shape index (κ3) is 4.45. The number of carbonyl (C=O) groups excluding carboxylic acids is 1. The second-order valence-electron chi connectivity index (χ2n) is 6.70. The number of ketones is 1. The monoisotopic (exact) mass is 273 g/mol. The highest BCUT2D eigenvalue weighted by molar-refractivity contribution is 5.96. The standard InChI is InChI=1S/C18H27NO/c1-13(2)10-15-4-6-16(7-5-15)18(20)12-17-11-14(3)8-9-19-17/h4-7,13-14,17,19H,8-12H2,1-3H3. The summed E-state index contributed by atoms with van der Waals surface area (Å²) in [6.07, 6.45) is 4.07. The predicted octanol–water partition coefficient (Wildman–Crippen LogP) is 3.85. The largest absolute Gasteiger partial charge is 0.314 e. The fraction of sp³-hybridized carbons (Fsp3) is 0.611. The molecule has 1 aliphatic heterocycles. The molecule has 2 atom stereocenters. The first-order valence-electron chi connectivity index (χ1n) is 7.90. The first-order valence-corrected chi connectivity index (χ1v) is 7.90. The SMILES string of the molecule is CC(C)Cc1ccc(C(=O)CC2CC(C)CCN2)cc1. The van der Waals surface area contributed by atoms with Gasteiger partial charge in [-0.1, -0.05) is 45.0 Å². The average molecular weight is 273 g/mol. The van der Waals surface area contributed by atoms with Gasteiger partial charge in [0.05, 0.1) is 0 Å². The van der Waals surface area contributed by atoms with Crippen LogP contribution >= 0.6 is 0 Å². The number of Topliss-reactive ketones (excluding diaryl/α,β-unsaturated/α-hetero) is 1. The van der Waals surface area contributed by atoms with Crippen molar-refractivity contribution < 1.29 is 4.79 Å². The van der Waals surface area contributed by atoms with E-state index in [1.165, 1.54) is 12.0 Å². The lowest BCUT2D eigenvalue weighted by atomic mass is 9.90. The van der Waals surface area contributed by atoms with Crippen molar-refractivity contribution in [2.75, 3.05) is 6.54 Å². The Bertz CT molecular complexity index is 435. The van der Waals surface area contributed by atoms with E-state index < -0.39 is 0 Å². The van der Waals surface area contributed by atoms with Crippen molar-refractivity contribution in [3.8, 4) is 0 Å². The molecule has 1 fully saturated rings. The van der Waals surface area contributed by atoms with Crippen LogP contribution in [0.3, 0.4) is 0 Å². The van der Waals surface area contributed by atoms with Gasteiger partial charge in [-0.3, -0.25) is 4.79 Å². The molecular weight excluding hydrogens is 246 g/mol. The molecular formula is C18H27NO. The van der Waals surface area contributed by atoms with Crippen LogP contribution in [0.1, 0.15) is 56.0 Å². The van der Waals surface area contributed by atoms with Crippen LogP contribution in [0.2, 0.25) is 0 Å². The van der Waals surface area contributed by atoms with E-state index >= 15 is 0 Å². The van der Waals surface area contributed by atoms with Crippen molar-refractivity contribution in [3.63, 3.8) is 0 Å². The van der Waals surface area contributed by atoms with Gasteiger partial charge in [0.25, 0.3) is 0 Å². The van der Waals surface area contributed by atoms with Gasteiger partial charge in [0.1, 0.15) is 0 Å². The van der Waals surface area contributed by atoms with Gasteiger partial charge in [-0.2, -0.15) is 0 Å². The average Bonchev–Trinajstić information content (AvgIpc) is 2.38. The van der Waals surface area contributed by atoms with Crippen molar-refractivity contribution in [2.24, 2.45) is 11.8 Å². The van der Waals surface area contributed by atoms with Crippen LogP contribution < -0.4 is 5.32 Å². The number of piperidine rings is 1. The summed E-state index contributed by atoms with van der Waals surface area (Å²) >= 11 is 0. The van der Waals surface area contributed by atoms with E-state index in [1.807, 2.05) is 12.1 Å². The Morgan fingerprint density at radius 1 is 1.30 bits per heavy atom. The Labute approximate surface area is 123 Å². The zero-order valence-electron chi connectivity index (χ0n) is 13.0. The third-order valence-electron chi connectivity index (χ3n) is 4.11. The zero-order chi connectivity index (χ0) is 14.5. The first kappa shape index (κ1) is 15.2. The van der Waals surface area contributed by atoms with Crippen LogP contribution in [-0.4, -0.2) is 18.4 Å². The quantitative estimate of drug-likeness (QED) is 0.826. The van der Waals surface area contributed by atoms with E-state index in [2.05, 4.69) is 38.2 Å². The summed E-state index contributed by atoms with van der Waals surface area (Å²) in [4.78, 5) is 12.3. The summed E-state index contributed by atoms with van der Waals surface area (Å²) in [7, 11) is 0. The van der Waals surface area contributed by atoms with Crippen molar-refractivity contribution in [1.29, 1.82) is 0 Å². The zero-order valence-corrected chi connectivity index (χ0v) is 13.0. The van der Waals surface area contributed by atoms with Gasteiger partial charge in [0, 0.05) is 18.0 Å². The molecule has 1 heterocycles. The molecule has 0 aliphatic carbocycles. The summed E-state index contributed by atoms with van der Waals surface area (Å²) in [5.41, 5.74) is 2.18. The van der Waals surface area contributed by atoms with E-state index in [1.54, 1.807) is 0 Å². The summed E-state index contributed by atoms with van der Waals surface area (Å²) in [6.45, 7) is 7.76. The molecule has 2 heteroatoms. The minimum Gasteiger partial charge on any atom is -0.314 e. The third-order valence-corrected chi connectivity index (χ3v) is 4.11. The molecule has 1 N–H and O–H groups in total. The molecule has 0 radical (unpaired) electrons. The van der Waals surface area contributed by atoms with Crippen LogP contribution in [-0.2, 0) is 6.42 Å². The lowest BCUT2D eigenvalue weighted by Crippen LogP contribution is -2.38. The molecule has 110 valence electrons. The minimum absolute atomic E-state index is 0.271. The maximum Gasteiger partial charge on any atom is 0.164 e. The molecule has 1 aromatic carbocycles. The van der Waals surface area contributed by atoms with Crippen LogP contribution in [0, 0.1) is 11.8 Å². The summed E-state index contributed by atoms with van der Waals surface area (Å²) in [6, 6.07) is 8.55. The fourth-order valence-corrected chi connectivity index (χ4v) is 3.02. The lowest BCUT2D eigenvalue weighted by molar-refractivity contribution is 0.0959. The highest BCUT2D eigenvalue weighted by Crippen LogP contribution is 2.19. The van der Waals surface area contributed by atoms with E-state index in [9.17, 15) is 4.79 Å². The predicted molar refractivity (Wildman–Crippen MR) is 84.1 cm³/mol. The molecule has 1 saturated heterocycles. The number of carbonyl (C=O) groups is 1. The molecule has 0 amide bonds. The van der Waals surface area contributed by atoms with Crippen LogP contribution in [0.5, 0.6) is 0 Å². The van der Waals surface area contributed by atoms with Crippen LogP contribution in [0.25, 0.3) is 0 Å². The second-order valence-corrected chi connectivity index (χ2v) is 6.70. The van der Waals surface area contributed by atoms with Crippen molar-refractivity contribution in [1.82, 2.24) is 5.32 Å². The Hall–Kier alpha value is -1.15. The van der Waals surface area contributed by atoms with Gasteiger partial charge in [0.15, 0.2) is 5.78 Å². The van der Waals surface area contributed by atoms with Gasteiger partial charge in [-0.05, 0) is 43.2 Å². The molecule has 2 nitrogen and oxygen atoms in total. The van der Waals surface area contributed by atoms with E-state index in [-0.39, 0.29) is 5.78 Å². The number of nitrogens with one attached hydrogen (secondary N) is 1. The Morgan fingerprint density at radius 3 is 2.60 bits per heavy atom. The molecule has 0 bridgehead atoms. The van der Waals surface area contributed by atoms with Crippen LogP contribution in [0.15, 0.2) is 24.3 Å². The smallest absolute Gasteiger partial charge is 0.164 e. The Kier molecular flexibility index (Phi) is 5.36. The first-order chi connectivity index (χ1) is 9.54. The molecule has 0 spiro atoms. The normalized spacial score (nSPS) is 23.0. The molecule has 0 saturated carbocycles. The van der Waals surface area contributed by atoms with Crippen molar-refractivity contribution in [3.05, 3.63) is 35.4 Å². The molecule has 1 aliphatic rings. The number of rotatable bonds is 5. The number of hydrogen-bond acceptors (Lipinski definition) is 2. The van der Waals surface area contributed by atoms with Crippen LogP contribution in [0.4, 0.5) is 0 Å². The summed E-state index contributed by atoms with van der Waals surface area (Å²) < 4.78 is 0. The van der Waals surface area contributed by atoms with E-state index in [0.717, 1.165) is 30.9 Å². The lowest BCUT2D eigenvalue weighted by Gasteiger charge is -2.27. The van der Waals surface area contributed by atoms with E-state index in [4.69, 9.17) is 0 Å². The number of benzene rings is 1. The topological polar surface area (TPSA) is 29.1 Å². The van der Waals surface area contributed by atoms with Gasteiger partial charge in [-0.15, -0.1) is 0 Å². The van der Waals surface area contributed by atoms with Gasteiger partial charge < -0.3 is 5.32 Å². The molecule has 0 aromatic heterocycles. The van der Waals surface area contributed by atoms with Crippen molar-refractivity contribution >= 4 is 5.78 Å². The minimum atomic E-state index is 0.271. The maximum atomic E-state index is 12.3. The van der Waals surface area contributed by atoms with Crippen molar-refractivity contribution in [2.45, 2.75) is 52.5 Å². The van der Waals surface area contributed by atoms with E-state index in [0.29, 0.717) is 18.4 Å². The summed E-state index contributed by atoms with van der Waals surface area (Å²) in [5, 5.41) is 3.47. The highest BCUT2D eigenvalue weighted by atomic mass is 16.1.